The molecule has 3 aromatic carbocycles. The maximum Gasteiger partial charge on any atom is 0.407 e. The Bertz CT molecular complexity index is 1620. The van der Waals surface area contributed by atoms with Crippen molar-refractivity contribution in [3.8, 4) is 11.1 Å². The third kappa shape index (κ3) is 6.90. The summed E-state index contributed by atoms with van der Waals surface area (Å²) in [6, 6.07) is 22.2. The van der Waals surface area contributed by atoms with E-state index in [0.29, 0.717) is 27.6 Å². The van der Waals surface area contributed by atoms with Crippen molar-refractivity contribution in [3.05, 3.63) is 111 Å². The maximum atomic E-state index is 13.7. The van der Waals surface area contributed by atoms with Gasteiger partial charge in [-0.25, -0.2) is 4.79 Å². The van der Waals surface area contributed by atoms with Crippen LogP contribution in [0.5, 0.6) is 0 Å². The highest BCUT2D eigenvalue weighted by molar-refractivity contribution is 7.16. The van der Waals surface area contributed by atoms with Crippen molar-refractivity contribution in [1.82, 2.24) is 5.32 Å². The predicted octanol–water partition coefficient (Wildman–Crippen LogP) is 9.07. The van der Waals surface area contributed by atoms with Gasteiger partial charge in [-0.05, 0) is 72.4 Å². The van der Waals surface area contributed by atoms with Crippen LogP contribution < -0.4 is 10.6 Å². The number of amides is 2. The van der Waals surface area contributed by atoms with Gasteiger partial charge in [0, 0.05) is 21.4 Å². The van der Waals surface area contributed by atoms with Crippen LogP contribution in [0.1, 0.15) is 82.4 Å². The zero-order valence-electron chi connectivity index (χ0n) is 25.2. The molecule has 44 heavy (non-hydrogen) atoms. The van der Waals surface area contributed by atoms with Gasteiger partial charge in [-0.1, -0.05) is 92.7 Å². The van der Waals surface area contributed by atoms with E-state index >= 15 is 0 Å². The third-order valence-electron chi connectivity index (χ3n) is 8.25. The molecule has 228 valence electrons. The van der Waals surface area contributed by atoms with Crippen LogP contribution in [0.15, 0.2) is 72.8 Å². The minimum Gasteiger partial charge on any atom is -0.449 e. The number of nitrogens with one attached hydrogen (secondary N) is 2. The zero-order valence-corrected chi connectivity index (χ0v) is 26.8. The van der Waals surface area contributed by atoms with Crippen molar-refractivity contribution in [1.29, 1.82) is 0 Å². The molecule has 1 heterocycles. The normalized spacial score (nSPS) is 12.7. The number of aryl methyl sites for hydroxylation is 1. The molecule has 1 atom stereocenters. The number of thiophene rings is 1. The molecule has 0 unspecified atom stereocenters. The Morgan fingerprint density at radius 1 is 0.886 bits per heavy atom. The number of hydrogen-bond donors (Lipinski definition) is 2. The summed E-state index contributed by atoms with van der Waals surface area (Å²) < 4.78 is 5.76. The molecular formula is C36H37ClN2O4S. The van der Waals surface area contributed by atoms with Gasteiger partial charge < -0.3 is 15.4 Å². The first-order valence-corrected chi connectivity index (χ1v) is 16.3. The fourth-order valence-electron chi connectivity index (χ4n) is 5.76. The van der Waals surface area contributed by atoms with Crippen LogP contribution in [0.2, 0.25) is 5.02 Å². The second-order valence-corrected chi connectivity index (χ2v) is 12.8. The molecule has 0 saturated heterocycles. The second kappa shape index (κ2) is 14.2. The summed E-state index contributed by atoms with van der Waals surface area (Å²) >= 11 is 7.38. The van der Waals surface area contributed by atoms with E-state index < -0.39 is 12.1 Å². The Morgan fingerprint density at radius 3 is 2.16 bits per heavy atom. The van der Waals surface area contributed by atoms with Crippen LogP contribution >= 0.6 is 22.9 Å². The van der Waals surface area contributed by atoms with Crippen LogP contribution in [-0.4, -0.2) is 30.4 Å². The predicted molar refractivity (Wildman–Crippen MR) is 178 cm³/mol. The summed E-state index contributed by atoms with van der Waals surface area (Å²) in [7, 11) is 0. The van der Waals surface area contributed by atoms with Gasteiger partial charge in [-0.3, -0.25) is 9.59 Å². The molecular weight excluding hydrogens is 592 g/mol. The van der Waals surface area contributed by atoms with E-state index in [9.17, 15) is 14.4 Å². The van der Waals surface area contributed by atoms with Crippen LogP contribution in [0.3, 0.4) is 0 Å². The Hall–Kier alpha value is -3.94. The number of fused-ring (bicyclic) bond motifs is 3. The fourth-order valence-corrected chi connectivity index (χ4v) is 6.95. The van der Waals surface area contributed by atoms with Gasteiger partial charge in [-0.2, -0.15) is 0 Å². The Labute approximate surface area is 267 Å². The molecule has 5 rings (SSSR count). The first-order valence-electron chi connectivity index (χ1n) is 15.1. The first kappa shape index (κ1) is 31.5. The summed E-state index contributed by atoms with van der Waals surface area (Å²) in [6.45, 7) is 6.08. The number of anilines is 1. The Balaban J connectivity index is 1.30. The van der Waals surface area contributed by atoms with Crippen LogP contribution in [0, 0.1) is 13.8 Å². The molecule has 1 aromatic heterocycles. The van der Waals surface area contributed by atoms with Gasteiger partial charge in [0.2, 0.25) is 5.91 Å². The second-order valence-electron chi connectivity index (χ2n) is 11.2. The molecule has 0 radical (unpaired) electrons. The average Bonchev–Trinajstić information content (AvgIpc) is 3.49. The quantitative estimate of drug-likeness (QED) is 0.121. The van der Waals surface area contributed by atoms with Crippen molar-refractivity contribution >= 4 is 45.7 Å². The standard InChI is InChI=1S/C36H37ClN2O4S/c1-4-5-6-7-16-31(34(41)39-35-32(22(2)23(3)44-35)33(40)24-17-19-25(37)20-18-24)38-36(42)43-21-30-28-14-10-8-12-26(28)27-13-9-11-15-29(27)30/h8-15,17-20,30-31H,4-7,16,21H2,1-3H3,(H,38,42)(H,39,41)/t31-/m1/s1. The van der Waals surface area contributed by atoms with E-state index in [0.717, 1.165) is 58.4 Å². The number of benzene rings is 3. The van der Waals surface area contributed by atoms with Crippen molar-refractivity contribution in [2.75, 3.05) is 11.9 Å². The topological polar surface area (TPSA) is 84.5 Å². The molecule has 0 bridgehead atoms. The largest absolute Gasteiger partial charge is 0.449 e. The molecule has 2 N–H and O–H groups in total. The number of unbranched alkanes of at least 4 members (excludes halogenated alkanes) is 3. The lowest BCUT2D eigenvalue weighted by molar-refractivity contribution is -0.118. The van der Waals surface area contributed by atoms with E-state index in [-0.39, 0.29) is 24.2 Å². The molecule has 0 aliphatic heterocycles. The van der Waals surface area contributed by atoms with E-state index in [1.54, 1.807) is 24.3 Å². The van der Waals surface area contributed by atoms with E-state index in [1.165, 1.54) is 11.3 Å². The van der Waals surface area contributed by atoms with Gasteiger partial charge in [0.05, 0.1) is 5.56 Å². The summed E-state index contributed by atoms with van der Waals surface area (Å²) in [5.41, 5.74) is 6.29. The van der Waals surface area contributed by atoms with Crippen molar-refractivity contribution in [3.63, 3.8) is 0 Å². The summed E-state index contributed by atoms with van der Waals surface area (Å²) in [5.74, 6) is -0.646. The number of halogens is 1. The van der Waals surface area contributed by atoms with Crippen LogP contribution in [-0.2, 0) is 9.53 Å². The highest BCUT2D eigenvalue weighted by Crippen LogP contribution is 2.44. The highest BCUT2D eigenvalue weighted by atomic mass is 35.5. The molecule has 0 fully saturated rings. The maximum absolute atomic E-state index is 13.7. The van der Waals surface area contributed by atoms with Gasteiger partial charge in [-0.15, -0.1) is 11.3 Å². The Morgan fingerprint density at radius 2 is 1.52 bits per heavy atom. The van der Waals surface area contributed by atoms with Gasteiger partial charge in [0.15, 0.2) is 5.78 Å². The van der Waals surface area contributed by atoms with Gasteiger partial charge in [0.1, 0.15) is 17.6 Å². The lowest BCUT2D eigenvalue weighted by Crippen LogP contribution is -2.44. The molecule has 2 amide bonds. The highest BCUT2D eigenvalue weighted by Gasteiger charge is 2.30. The minimum atomic E-state index is -0.816. The molecule has 8 heteroatoms. The molecule has 0 saturated carbocycles. The smallest absolute Gasteiger partial charge is 0.407 e. The van der Waals surface area contributed by atoms with Crippen molar-refractivity contribution in [2.24, 2.45) is 0 Å². The third-order valence-corrected chi connectivity index (χ3v) is 9.63. The Kier molecular flexibility index (Phi) is 10.2. The molecule has 6 nitrogen and oxygen atoms in total. The minimum absolute atomic E-state index is 0.0801. The van der Waals surface area contributed by atoms with E-state index in [1.807, 2.05) is 38.1 Å². The van der Waals surface area contributed by atoms with E-state index in [2.05, 4.69) is 41.8 Å². The van der Waals surface area contributed by atoms with Crippen LogP contribution in [0.4, 0.5) is 9.80 Å². The molecule has 4 aromatic rings. The van der Waals surface area contributed by atoms with Crippen molar-refractivity contribution in [2.45, 2.75) is 64.8 Å². The van der Waals surface area contributed by atoms with Gasteiger partial charge in [0.25, 0.3) is 0 Å². The molecule has 1 aliphatic rings. The number of ether oxygens (including phenoxy) is 1. The lowest BCUT2D eigenvalue weighted by Gasteiger charge is -2.20. The van der Waals surface area contributed by atoms with Crippen molar-refractivity contribution < 1.29 is 19.1 Å². The van der Waals surface area contributed by atoms with Gasteiger partial charge >= 0.3 is 6.09 Å². The SMILES string of the molecule is CCCCCC[C@@H](NC(=O)OCC1c2ccccc2-c2ccccc21)C(=O)Nc1sc(C)c(C)c1C(=O)c1ccc(Cl)cc1. The number of rotatable bonds is 12. The number of hydrogen-bond acceptors (Lipinski definition) is 5. The van der Waals surface area contributed by atoms with E-state index in [4.69, 9.17) is 16.3 Å². The molecule has 1 aliphatic carbocycles. The zero-order chi connectivity index (χ0) is 31.2. The number of alkyl carbamates (subject to hydrolysis) is 1. The number of carbonyl (C=O) groups excluding carboxylic acids is 3. The lowest BCUT2D eigenvalue weighted by atomic mass is 9.98. The molecule has 0 spiro atoms. The average molecular weight is 629 g/mol. The summed E-state index contributed by atoms with van der Waals surface area (Å²) in [5, 5.41) is 6.80. The fraction of sp³-hybridized carbons (Fsp3) is 0.306. The summed E-state index contributed by atoms with van der Waals surface area (Å²) in [4.78, 5) is 41.2. The first-order chi connectivity index (χ1) is 21.3. The number of ketones is 1. The number of carbonyl (C=O) groups is 3. The van der Waals surface area contributed by atoms with Crippen LogP contribution in [0.25, 0.3) is 11.1 Å². The summed E-state index contributed by atoms with van der Waals surface area (Å²) in [6.07, 6.45) is 3.64. The monoisotopic (exact) mass is 628 g/mol.